The molecule has 0 unspecified atom stereocenters. The minimum absolute atomic E-state index is 0.343. The van der Waals surface area contributed by atoms with Crippen molar-refractivity contribution < 1.29 is 23.8 Å². The minimum Gasteiger partial charge on any atom is -0.481 e. The van der Waals surface area contributed by atoms with Crippen LogP contribution in [-0.2, 0) is 14.3 Å². The second-order valence-electron chi connectivity index (χ2n) is 5.29. The van der Waals surface area contributed by atoms with E-state index in [1.165, 1.54) is 12.1 Å². The first-order valence-electron chi connectivity index (χ1n) is 6.61. The third-order valence-electron chi connectivity index (χ3n) is 3.94. The SMILES string of the molecule is Cc1ccc(F)cc1NC(=O)[C@@H]1[C@H](C(=O)O)[C@H]2C=C[C@H]1O2. The summed E-state index contributed by atoms with van der Waals surface area (Å²) < 4.78 is 18.7. The van der Waals surface area contributed by atoms with E-state index in [-0.39, 0.29) is 0 Å². The average Bonchev–Trinajstić information content (AvgIpc) is 3.03. The van der Waals surface area contributed by atoms with Gasteiger partial charge in [0, 0.05) is 5.69 Å². The summed E-state index contributed by atoms with van der Waals surface area (Å²) in [5.41, 5.74) is 1.05. The number of hydrogen-bond acceptors (Lipinski definition) is 3. The molecule has 4 atom stereocenters. The minimum atomic E-state index is -1.07. The number of carboxylic acids is 1. The van der Waals surface area contributed by atoms with Crippen LogP contribution in [0.3, 0.4) is 0 Å². The Morgan fingerprint density at radius 3 is 2.57 bits per heavy atom. The Bertz CT molecular complexity index is 643. The maximum Gasteiger partial charge on any atom is 0.310 e. The summed E-state index contributed by atoms with van der Waals surface area (Å²) in [6.45, 7) is 1.74. The summed E-state index contributed by atoms with van der Waals surface area (Å²) in [5, 5.41) is 11.9. The molecule has 2 heterocycles. The van der Waals surface area contributed by atoms with Crippen LogP contribution in [0.5, 0.6) is 0 Å². The molecule has 0 radical (unpaired) electrons. The number of fused-ring (bicyclic) bond motifs is 2. The number of benzene rings is 1. The number of carbonyl (C=O) groups excluding carboxylic acids is 1. The monoisotopic (exact) mass is 291 g/mol. The average molecular weight is 291 g/mol. The van der Waals surface area contributed by atoms with Crippen LogP contribution in [0, 0.1) is 24.6 Å². The highest BCUT2D eigenvalue weighted by atomic mass is 19.1. The molecule has 3 rings (SSSR count). The van der Waals surface area contributed by atoms with Gasteiger partial charge in [0.15, 0.2) is 0 Å². The lowest BCUT2D eigenvalue weighted by Crippen LogP contribution is -2.39. The summed E-state index contributed by atoms with van der Waals surface area (Å²) in [7, 11) is 0. The summed E-state index contributed by atoms with van der Waals surface area (Å²) in [6.07, 6.45) is 2.26. The molecule has 0 spiro atoms. The van der Waals surface area contributed by atoms with Crippen molar-refractivity contribution in [1.29, 1.82) is 0 Å². The third kappa shape index (κ3) is 2.31. The van der Waals surface area contributed by atoms with Gasteiger partial charge < -0.3 is 15.2 Å². The van der Waals surface area contributed by atoms with Crippen LogP contribution >= 0.6 is 0 Å². The fourth-order valence-electron chi connectivity index (χ4n) is 2.86. The Balaban J connectivity index is 1.83. The van der Waals surface area contributed by atoms with E-state index in [4.69, 9.17) is 4.74 Å². The molecule has 1 amide bonds. The lowest BCUT2D eigenvalue weighted by Gasteiger charge is -2.21. The predicted octanol–water partition coefficient (Wildman–Crippen LogP) is 1.73. The zero-order chi connectivity index (χ0) is 15.1. The topological polar surface area (TPSA) is 75.6 Å². The molecule has 1 fully saturated rings. The maximum atomic E-state index is 13.2. The second kappa shape index (κ2) is 4.96. The third-order valence-corrected chi connectivity index (χ3v) is 3.94. The largest absolute Gasteiger partial charge is 0.481 e. The Hall–Kier alpha value is -2.21. The van der Waals surface area contributed by atoms with E-state index < -0.39 is 41.7 Å². The van der Waals surface area contributed by atoms with Crippen molar-refractivity contribution in [3.63, 3.8) is 0 Å². The van der Waals surface area contributed by atoms with Gasteiger partial charge in [-0.25, -0.2) is 4.39 Å². The van der Waals surface area contributed by atoms with Crippen molar-refractivity contribution in [3.05, 3.63) is 41.7 Å². The van der Waals surface area contributed by atoms with Crippen molar-refractivity contribution in [3.8, 4) is 0 Å². The van der Waals surface area contributed by atoms with Gasteiger partial charge in [0.25, 0.3) is 0 Å². The first-order chi connectivity index (χ1) is 9.97. The molecule has 5 nitrogen and oxygen atoms in total. The van der Waals surface area contributed by atoms with E-state index in [2.05, 4.69) is 5.32 Å². The van der Waals surface area contributed by atoms with Crippen molar-refractivity contribution in [2.24, 2.45) is 11.8 Å². The van der Waals surface area contributed by atoms with Gasteiger partial charge in [0.1, 0.15) is 11.7 Å². The van der Waals surface area contributed by atoms with Crippen LogP contribution in [0.15, 0.2) is 30.4 Å². The Morgan fingerprint density at radius 1 is 1.24 bits per heavy atom. The number of aliphatic carboxylic acids is 1. The number of nitrogens with one attached hydrogen (secondary N) is 1. The van der Waals surface area contributed by atoms with Gasteiger partial charge in [-0.15, -0.1) is 0 Å². The molecular formula is C15H14FNO4. The maximum absolute atomic E-state index is 13.2. The predicted molar refractivity (Wildman–Crippen MR) is 72.2 cm³/mol. The van der Waals surface area contributed by atoms with E-state index in [1.807, 2.05) is 0 Å². The molecule has 110 valence electrons. The standard InChI is InChI=1S/C15H14FNO4/c1-7-2-3-8(16)6-9(7)17-14(18)12-10-4-5-11(21-10)13(12)15(19)20/h2-6,10-13H,1H3,(H,17,18)(H,19,20)/t10-,11-,12+,13-/m1/s1. The number of anilines is 1. The van der Waals surface area contributed by atoms with Gasteiger partial charge in [0.05, 0.1) is 18.1 Å². The van der Waals surface area contributed by atoms with E-state index in [0.29, 0.717) is 11.3 Å². The molecule has 6 heteroatoms. The number of hydrogen-bond donors (Lipinski definition) is 2. The zero-order valence-electron chi connectivity index (χ0n) is 11.2. The molecule has 1 aromatic carbocycles. The molecule has 21 heavy (non-hydrogen) atoms. The highest BCUT2D eigenvalue weighted by Crippen LogP contribution is 2.40. The molecular weight excluding hydrogens is 277 g/mol. The van der Waals surface area contributed by atoms with Crippen LogP contribution < -0.4 is 5.32 Å². The van der Waals surface area contributed by atoms with Crippen molar-refractivity contribution >= 4 is 17.6 Å². The summed E-state index contributed by atoms with van der Waals surface area (Å²) in [4.78, 5) is 23.7. The van der Waals surface area contributed by atoms with Crippen LogP contribution in [0.1, 0.15) is 5.56 Å². The first-order valence-corrected chi connectivity index (χ1v) is 6.61. The summed E-state index contributed by atoms with van der Waals surface area (Å²) in [6, 6.07) is 4.07. The number of aryl methyl sites for hydroxylation is 1. The zero-order valence-corrected chi connectivity index (χ0v) is 11.2. The molecule has 2 N–H and O–H groups in total. The number of amides is 1. The van der Waals surface area contributed by atoms with E-state index >= 15 is 0 Å². The lowest BCUT2D eigenvalue weighted by molar-refractivity contribution is -0.145. The van der Waals surface area contributed by atoms with E-state index in [0.717, 1.165) is 0 Å². The molecule has 2 bridgehead atoms. The highest BCUT2D eigenvalue weighted by Gasteiger charge is 2.53. The van der Waals surface area contributed by atoms with Gasteiger partial charge in [0.2, 0.25) is 5.91 Å². The van der Waals surface area contributed by atoms with Gasteiger partial charge >= 0.3 is 5.97 Å². The van der Waals surface area contributed by atoms with Crippen LogP contribution in [-0.4, -0.2) is 29.2 Å². The first kappa shape index (κ1) is 13.8. The normalized spacial score (nSPS) is 29.6. The molecule has 2 aliphatic rings. The Kier molecular flexibility index (Phi) is 3.25. The number of rotatable bonds is 3. The van der Waals surface area contributed by atoms with Gasteiger partial charge in [-0.3, -0.25) is 9.59 Å². The summed E-state index contributed by atoms with van der Waals surface area (Å²) >= 11 is 0. The van der Waals surface area contributed by atoms with Crippen molar-refractivity contribution in [2.75, 3.05) is 5.32 Å². The number of ether oxygens (including phenoxy) is 1. The van der Waals surface area contributed by atoms with E-state index in [9.17, 15) is 19.1 Å². The Labute approximate surface area is 120 Å². The lowest BCUT2D eigenvalue weighted by atomic mass is 9.82. The number of halogens is 1. The molecule has 0 aromatic heterocycles. The molecule has 0 saturated carbocycles. The van der Waals surface area contributed by atoms with Gasteiger partial charge in [-0.05, 0) is 24.6 Å². The number of carboxylic acid groups (broad SMARTS) is 1. The van der Waals surface area contributed by atoms with Gasteiger partial charge in [-0.2, -0.15) is 0 Å². The van der Waals surface area contributed by atoms with Crippen LogP contribution in [0.25, 0.3) is 0 Å². The van der Waals surface area contributed by atoms with Crippen LogP contribution in [0.2, 0.25) is 0 Å². The highest BCUT2D eigenvalue weighted by molar-refractivity contribution is 5.97. The fraction of sp³-hybridized carbons (Fsp3) is 0.333. The molecule has 1 saturated heterocycles. The molecule has 1 aromatic rings. The van der Waals surface area contributed by atoms with E-state index in [1.54, 1.807) is 25.1 Å². The van der Waals surface area contributed by atoms with Crippen molar-refractivity contribution in [2.45, 2.75) is 19.1 Å². The smallest absolute Gasteiger partial charge is 0.310 e. The molecule has 0 aliphatic carbocycles. The van der Waals surface area contributed by atoms with Crippen LogP contribution in [0.4, 0.5) is 10.1 Å². The van der Waals surface area contributed by atoms with Gasteiger partial charge in [-0.1, -0.05) is 18.2 Å². The second-order valence-corrected chi connectivity index (χ2v) is 5.29. The number of carbonyl (C=O) groups is 2. The summed E-state index contributed by atoms with van der Waals surface area (Å²) in [5.74, 6) is -3.71. The van der Waals surface area contributed by atoms with Crippen molar-refractivity contribution in [1.82, 2.24) is 0 Å². The molecule has 2 aliphatic heterocycles. The fourth-order valence-corrected chi connectivity index (χ4v) is 2.86. The Morgan fingerprint density at radius 2 is 1.90 bits per heavy atom. The quantitative estimate of drug-likeness (QED) is 0.832.